The van der Waals surface area contributed by atoms with Crippen molar-refractivity contribution in [2.75, 3.05) is 30.8 Å². The van der Waals surface area contributed by atoms with Crippen LogP contribution in [0, 0.1) is 5.92 Å². The number of hydrogen-bond donors (Lipinski definition) is 2. The highest BCUT2D eigenvalue weighted by molar-refractivity contribution is 5.53. The minimum absolute atomic E-state index is 0.291. The van der Waals surface area contributed by atoms with E-state index in [0.29, 0.717) is 30.2 Å². The third kappa shape index (κ3) is 4.28. The summed E-state index contributed by atoms with van der Waals surface area (Å²) in [6.07, 6.45) is 2.54. The molecule has 3 N–H and O–H groups in total. The van der Waals surface area contributed by atoms with Gasteiger partial charge in [0.2, 0.25) is 5.88 Å². The molecule has 2 rings (SSSR count). The van der Waals surface area contributed by atoms with Crippen LogP contribution in [0.4, 0.5) is 11.5 Å². The summed E-state index contributed by atoms with van der Waals surface area (Å²) < 4.78 is 11.2. The molecule has 0 saturated carbocycles. The average Bonchev–Trinajstić information content (AvgIpc) is 2.89. The number of nitrogens with two attached hydrogens (primary N) is 1. The van der Waals surface area contributed by atoms with Crippen LogP contribution in [0.2, 0.25) is 0 Å². The van der Waals surface area contributed by atoms with Crippen LogP contribution >= 0.6 is 0 Å². The topological polar surface area (TPSA) is 69.4 Å². The van der Waals surface area contributed by atoms with Gasteiger partial charge < -0.3 is 20.5 Å². The standard InChI is InChI=1S/C14H23N3O2/c1-10(2)9-19-14-12(15)5-6-13(17-14)16-8-11-4-3-7-18-11/h5-6,10-11H,3-4,7-9,15H2,1-2H3,(H,16,17). The number of pyridine rings is 1. The molecule has 1 unspecified atom stereocenters. The molecular formula is C14H23N3O2. The van der Waals surface area contributed by atoms with Crippen molar-refractivity contribution in [3.8, 4) is 5.88 Å². The van der Waals surface area contributed by atoms with E-state index < -0.39 is 0 Å². The summed E-state index contributed by atoms with van der Waals surface area (Å²) in [4.78, 5) is 4.39. The molecule has 1 saturated heterocycles. The molecule has 1 aromatic heterocycles. The number of aromatic nitrogens is 1. The Hall–Kier alpha value is -1.49. The maximum absolute atomic E-state index is 5.85. The minimum atomic E-state index is 0.291. The molecule has 1 aliphatic heterocycles. The predicted molar refractivity (Wildman–Crippen MR) is 76.4 cm³/mol. The zero-order valence-corrected chi connectivity index (χ0v) is 11.7. The maximum atomic E-state index is 5.85. The Morgan fingerprint density at radius 2 is 2.37 bits per heavy atom. The van der Waals surface area contributed by atoms with Crippen LogP contribution in [-0.4, -0.2) is 30.8 Å². The van der Waals surface area contributed by atoms with Gasteiger partial charge in [0, 0.05) is 13.2 Å². The molecule has 0 amide bonds. The molecule has 1 aromatic rings. The van der Waals surface area contributed by atoms with Crippen molar-refractivity contribution in [2.45, 2.75) is 32.8 Å². The molecular weight excluding hydrogens is 242 g/mol. The Labute approximate surface area is 114 Å². The summed E-state index contributed by atoms with van der Waals surface area (Å²) in [5.74, 6) is 1.74. The quantitative estimate of drug-likeness (QED) is 0.826. The van der Waals surface area contributed by atoms with Crippen molar-refractivity contribution in [1.29, 1.82) is 0 Å². The molecule has 5 heteroatoms. The fraction of sp³-hybridized carbons (Fsp3) is 0.643. The van der Waals surface area contributed by atoms with Gasteiger partial charge in [0.05, 0.1) is 18.4 Å². The SMILES string of the molecule is CC(C)COc1nc(NCC2CCCO2)ccc1N. The van der Waals surface area contributed by atoms with E-state index in [1.807, 2.05) is 12.1 Å². The van der Waals surface area contributed by atoms with E-state index in [1.165, 1.54) is 0 Å². The molecule has 1 fully saturated rings. The predicted octanol–water partition coefficient (Wildman–Crippen LogP) is 2.29. The van der Waals surface area contributed by atoms with Crippen molar-refractivity contribution < 1.29 is 9.47 Å². The maximum Gasteiger partial charge on any atom is 0.239 e. The van der Waals surface area contributed by atoms with Gasteiger partial charge in [-0.25, -0.2) is 0 Å². The van der Waals surface area contributed by atoms with Gasteiger partial charge in [-0.1, -0.05) is 13.8 Å². The second kappa shape index (κ2) is 6.61. The zero-order chi connectivity index (χ0) is 13.7. The fourth-order valence-corrected chi connectivity index (χ4v) is 1.93. The fourth-order valence-electron chi connectivity index (χ4n) is 1.93. The molecule has 1 atom stereocenters. The van der Waals surface area contributed by atoms with Gasteiger partial charge in [-0.05, 0) is 30.9 Å². The third-order valence-electron chi connectivity index (χ3n) is 2.98. The van der Waals surface area contributed by atoms with Crippen LogP contribution in [0.25, 0.3) is 0 Å². The van der Waals surface area contributed by atoms with Crippen LogP contribution in [0.1, 0.15) is 26.7 Å². The molecule has 0 aromatic carbocycles. The second-order valence-electron chi connectivity index (χ2n) is 5.31. The molecule has 106 valence electrons. The number of nitrogen functional groups attached to an aromatic ring is 1. The third-order valence-corrected chi connectivity index (χ3v) is 2.98. The van der Waals surface area contributed by atoms with Crippen molar-refractivity contribution in [2.24, 2.45) is 5.92 Å². The van der Waals surface area contributed by atoms with Gasteiger partial charge in [-0.3, -0.25) is 0 Å². The van der Waals surface area contributed by atoms with Crippen LogP contribution in [-0.2, 0) is 4.74 Å². The van der Waals surface area contributed by atoms with E-state index in [1.54, 1.807) is 0 Å². The van der Waals surface area contributed by atoms with Crippen LogP contribution < -0.4 is 15.8 Å². The van der Waals surface area contributed by atoms with Gasteiger partial charge in [-0.2, -0.15) is 4.98 Å². The number of ether oxygens (including phenoxy) is 2. The summed E-state index contributed by atoms with van der Waals surface area (Å²) in [5, 5.41) is 3.27. The first-order valence-electron chi connectivity index (χ1n) is 6.90. The van der Waals surface area contributed by atoms with E-state index in [9.17, 15) is 0 Å². The smallest absolute Gasteiger partial charge is 0.239 e. The number of nitrogens with zero attached hydrogens (tertiary/aromatic N) is 1. The summed E-state index contributed by atoms with van der Waals surface area (Å²) in [6.45, 7) is 6.45. The Morgan fingerprint density at radius 1 is 1.53 bits per heavy atom. The van der Waals surface area contributed by atoms with Crippen LogP contribution in [0.3, 0.4) is 0 Å². The van der Waals surface area contributed by atoms with E-state index in [-0.39, 0.29) is 0 Å². The molecule has 1 aliphatic rings. The van der Waals surface area contributed by atoms with E-state index in [2.05, 4.69) is 24.1 Å². The molecule has 0 spiro atoms. The largest absolute Gasteiger partial charge is 0.476 e. The van der Waals surface area contributed by atoms with E-state index in [4.69, 9.17) is 15.2 Å². The van der Waals surface area contributed by atoms with E-state index in [0.717, 1.165) is 31.8 Å². The summed E-state index contributed by atoms with van der Waals surface area (Å²) >= 11 is 0. The van der Waals surface area contributed by atoms with Crippen molar-refractivity contribution in [1.82, 2.24) is 4.98 Å². The van der Waals surface area contributed by atoms with Crippen molar-refractivity contribution in [3.63, 3.8) is 0 Å². The number of rotatable bonds is 6. The molecule has 0 bridgehead atoms. The molecule has 19 heavy (non-hydrogen) atoms. The Bertz CT molecular complexity index is 404. The molecule has 5 nitrogen and oxygen atoms in total. The Kier molecular flexibility index (Phi) is 4.85. The van der Waals surface area contributed by atoms with Gasteiger partial charge in [0.25, 0.3) is 0 Å². The van der Waals surface area contributed by atoms with Gasteiger partial charge in [-0.15, -0.1) is 0 Å². The Balaban J connectivity index is 1.91. The van der Waals surface area contributed by atoms with Crippen LogP contribution in [0.15, 0.2) is 12.1 Å². The normalized spacial score (nSPS) is 18.8. The molecule has 2 heterocycles. The molecule has 0 aliphatic carbocycles. The van der Waals surface area contributed by atoms with Gasteiger partial charge in [0.1, 0.15) is 5.82 Å². The van der Waals surface area contributed by atoms with Gasteiger partial charge >= 0.3 is 0 Å². The summed E-state index contributed by atoms with van der Waals surface area (Å²) in [5.41, 5.74) is 6.43. The minimum Gasteiger partial charge on any atom is -0.476 e. The highest BCUT2D eigenvalue weighted by atomic mass is 16.5. The second-order valence-corrected chi connectivity index (χ2v) is 5.31. The number of nitrogens with one attached hydrogen (secondary N) is 1. The van der Waals surface area contributed by atoms with E-state index >= 15 is 0 Å². The number of hydrogen-bond acceptors (Lipinski definition) is 5. The van der Waals surface area contributed by atoms with Crippen LogP contribution in [0.5, 0.6) is 5.88 Å². The first-order valence-corrected chi connectivity index (χ1v) is 6.90. The Morgan fingerprint density at radius 3 is 3.05 bits per heavy atom. The zero-order valence-electron chi connectivity index (χ0n) is 11.7. The lowest BCUT2D eigenvalue weighted by Crippen LogP contribution is -2.19. The lowest BCUT2D eigenvalue weighted by atomic mass is 10.2. The van der Waals surface area contributed by atoms with Gasteiger partial charge in [0.15, 0.2) is 0 Å². The highest BCUT2D eigenvalue weighted by Crippen LogP contribution is 2.22. The first kappa shape index (κ1) is 13.9. The van der Waals surface area contributed by atoms with Crippen molar-refractivity contribution in [3.05, 3.63) is 12.1 Å². The highest BCUT2D eigenvalue weighted by Gasteiger charge is 2.15. The first-order chi connectivity index (χ1) is 9.15. The summed E-state index contributed by atoms with van der Waals surface area (Å²) in [6, 6.07) is 3.69. The van der Waals surface area contributed by atoms with Crippen molar-refractivity contribution >= 4 is 11.5 Å². The lowest BCUT2D eigenvalue weighted by molar-refractivity contribution is 0.120. The monoisotopic (exact) mass is 265 g/mol. The summed E-state index contributed by atoms with van der Waals surface area (Å²) in [7, 11) is 0. The lowest BCUT2D eigenvalue weighted by Gasteiger charge is -2.14. The average molecular weight is 265 g/mol. The number of anilines is 2. The molecule has 0 radical (unpaired) electrons.